The molecule has 2 heterocycles. The molecule has 36 heavy (non-hydrogen) atoms. The minimum absolute atomic E-state index is 0.0686. The lowest BCUT2D eigenvalue weighted by atomic mass is 9.83. The van der Waals surface area contributed by atoms with Crippen LogP contribution >= 0.6 is 0 Å². The monoisotopic (exact) mass is 499 g/mol. The molecular weight excluding hydrogens is 462 g/mol. The number of benzene rings is 1. The fourth-order valence-corrected chi connectivity index (χ4v) is 4.78. The molecule has 10 heteroatoms. The molecule has 2 aliphatic rings. The fraction of sp³-hybridized carbons (Fsp3) is 0.538. The van der Waals surface area contributed by atoms with Crippen LogP contribution in [0.1, 0.15) is 44.1 Å². The van der Waals surface area contributed by atoms with Crippen molar-refractivity contribution >= 4 is 23.8 Å². The number of amides is 4. The predicted molar refractivity (Wildman–Crippen MR) is 134 cm³/mol. The molecule has 4 N–H and O–H groups in total. The molecule has 2 aliphatic heterocycles. The van der Waals surface area contributed by atoms with Gasteiger partial charge in [-0.15, -0.1) is 0 Å². The summed E-state index contributed by atoms with van der Waals surface area (Å²) in [5.41, 5.74) is 6.74. The summed E-state index contributed by atoms with van der Waals surface area (Å²) in [6.45, 7) is 5.32. The first-order valence-corrected chi connectivity index (χ1v) is 12.6. The maximum Gasteiger partial charge on any atom is 0.327 e. The van der Waals surface area contributed by atoms with Gasteiger partial charge in [-0.1, -0.05) is 43.3 Å². The van der Waals surface area contributed by atoms with E-state index in [2.05, 4.69) is 24.0 Å². The van der Waals surface area contributed by atoms with Crippen LogP contribution in [-0.4, -0.2) is 82.4 Å². The van der Waals surface area contributed by atoms with Crippen LogP contribution in [0.25, 0.3) is 0 Å². The zero-order valence-electron chi connectivity index (χ0n) is 20.7. The third kappa shape index (κ3) is 6.99. The van der Waals surface area contributed by atoms with Crippen LogP contribution < -0.4 is 11.1 Å². The summed E-state index contributed by atoms with van der Waals surface area (Å²) < 4.78 is 0. The molecular formula is C26H37N5O5. The van der Waals surface area contributed by atoms with Crippen molar-refractivity contribution in [2.24, 2.45) is 11.7 Å². The van der Waals surface area contributed by atoms with E-state index < -0.39 is 29.9 Å². The van der Waals surface area contributed by atoms with Crippen LogP contribution in [0.2, 0.25) is 0 Å². The van der Waals surface area contributed by atoms with Crippen LogP contribution in [0, 0.1) is 5.92 Å². The van der Waals surface area contributed by atoms with Crippen molar-refractivity contribution in [3.63, 3.8) is 0 Å². The highest BCUT2D eigenvalue weighted by Gasteiger charge is 2.55. The van der Waals surface area contributed by atoms with Crippen molar-refractivity contribution in [3.05, 3.63) is 48.3 Å². The number of rotatable bonds is 12. The van der Waals surface area contributed by atoms with Gasteiger partial charge >= 0.3 is 12.0 Å². The number of nitrogens with two attached hydrogens (primary N) is 1. The van der Waals surface area contributed by atoms with Crippen molar-refractivity contribution in [2.45, 2.75) is 51.0 Å². The summed E-state index contributed by atoms with van der Waals surface area (Å²) in [6.07, 6.45) is 5.19. The van der Waals surface area contributed by atoms with Gasteiger partial charge in [0.05, 0.1) is 11.7 Å². The first-order chi connectivity index (χ1) is 17.3. The van der Waals surface area contributed by atoms with E-state index in [1.165, 1.54) is 10.5 Å². The molecule has 0 aromatic heterocycles. The highest BCUT2D eigenvalue weighted by molar-refractivity contribution is 6.07. The Bertz CT molecular complexity index is 945. The zero-order chi connectivity index (χ0) is 26.1. The fourth-order valence-electron chi connectivity index (χ4n) is 4.78. The lowest BCUT2D eigenvalue weighted by molar-refractivity contribution is -0.167. The number of carbonyl (C=O) groups is 4. The second-order valence-electron chi connectivity index (χ2n) is 9.39. The number of urea groups is 1. The summed E-state index contributed by atoms with van der Waals surface area (Å²) in [6, 6.07) is 8.52. The molecule has 0 aliphatic carbocycles. The smallest absolute Gasteiger partial charge is 0.327 e. The van der Waals surface area contributed by atoms with E-state index in [4.69, 9.17) is 5.73 Å². The molecule has 196 valence electrons. The van der Waals surface area contributed by atoms with Gasteiger partial charge in [-0.3, -0.25) is 9.59 Å². The Balaban J connectivity index is 1.38. The number of nitrogens with zero attached hydrogens (tertiary/aromatic N) is 3. The minimum atomic E-state index is -1.19. The Kier molecular flexibility index (Phi) is 9.72. The number of carboxylic acid groups (broad SMARTS) is 1. The van der Waals surface area contributed by atoms with Gasteiger partial charge < -0.3 is 26.0 Å². The first-order valence-electron chi connectivity index (χ1n) is 12.6. The molecule has 1 aromatic carbocycles. The highest BCUT2D eigenvalue weighted by Crippen LogP contribution is 2.32. The molecule has 2 fully saturated rings. The molecule has 2 atom stereocenters. The summed E-state index contributed by atoms with van der Waals surface area (Å²) in [7, 11) is 0. The Morgan fingerprint density at radius 3 is 2.31 bits per heavy atom. The number of β-lactam (4-membered cyclic amide) rings is 1. The van der Waals surface area contributed by atoms with E-state index in [0.717, 1.165) is 30.6 Å². The van der Waals surface area contributed by atoms with Gasteiger partial charge in [-0.05, 0) is 37.7 Å². The quantitative estimate of drug-likeness (QED) is 0.294. The second kappa shape index (κ2) is 12.9. The molecule has 0 saturated carbocycles. The van der Waals surface area contributed by atoms with E-state index in [9.17, 15) is 24.3 Å². The number of carboxylic acids is 1. The van der Waals surface area contributed by atoms with Gasteiger partial charge in [0.1, 0.15) is 0 Å². The number of hydrogen-bond acceptors (Lipinski definition) is 6. The number of nitrogens with one attached hydrogen (secondary N) is 1. The van der Waals surface area contributed by atoms with Crippen molar-refractivity contribution in [2.75, 3.05) is 32.7 Å². The van der Waals surface area contributed by atoms with E-state index in [0.29, 0.717) is 44.7 Å². The molecule has 0 spiro atoms. The third-order valence-electron chi connectivity index (χ3n) is 6.82. The molecule has 0 bridgehead atoms. The van der Waals surface area contributed by atoms with Crippen molar-refractivity contribution in [3.8, 4) is 0 Å². The topological polar surface area (TPSA) is 136 Å². The van der Waals surface area contributed by atoms with E-state index in [-0.39, 0.29) is 19.0 Å². The Morgan fingerprint density at radius 1 is 1.00 bits per heavy atom. The Morgan fingerprint density at radius 2 is 1.67 bits per heavy atom. The van der Waals surface area contributed by atoms with Crippen LogP contribution in [-0.2, 0) is 20.8 Å². The lowest BCUT2D eigenvalue weighted by Crippen LogP contribution is -2.69. The maximum absolute atomic E-state index is 12.9. The molecule has 3 rings (SSSR count). The van der Waals surface area contributed by atoms with Gasteiger partial charge in [-0.25, -0.2) is 14.5 Å². The number of aliphatic carboxylic acids is 1. The SMILES string of the molecule is C=C(N)NCCCC1C(=O)N(C(=O)N2CCN(C(=O)CCCCCc3ccccc3)CC2)C1C(=O)O. The number of piperazine rings is 1. The standard InChI is InChI=1S/C26H37N5O5/c1-19(27)28-14-8-12-21-23(25(34)35)31(24(21)33)26(36)30-17-15-29(16-18-30)22(32)13-7-3-6-11-20-9-4-2-5-10-20/h2,4-5,9-10,21,23,28H,1,3,6-8,11-18,27H2,(H,34,35). The van der Waals surface area contributed by atoms with Gasteiger partial charge in [-0.2, -0.15) is 0 Å². The zero-order valence-corrected chi connectivity index (χ0v) is 20.7. The normalized spacial score (nSPS) is 19.6. The van der Waals surface area contributed by atoms with Crippen molar-refractivity contribution in [1.29, 1.82) is 0 Å². The number of hydrogen-bond donors (Lipinski definition) is 3. The maximum atomic E-state index is 12.9. The van der Waals surface area contributed by atoms with Crippen LogP contribution in [0.15, 0.2) is 42.7 Å². The summed E-state index contributed by atoms with van der Waals surface area (Å²) in [5.74, 6) is -2.01. The van der Waals surface area contributed by atoms with Gasteiger partial charge in [0.15, 0.2) is 6.04 Å². The molecule has 0 radical (unpaired) electrons. The van der Waals surface area contributed by atoms with Crippen LogP contribution in [0.4, 0.5) is 4.79 Å². The molecule has 1 aromatic rings. The highest BCUT2D eigenvalue weighted by atomic mass is 16.4. The third-order valence-corrected chi connectivity index (χ3v) is 6.82. The minimum Gasteiger partial charge on any atom is -0.480 e. The Labute approximate surface area is 212 Å². The summed E-state index contributed by atoms with van der Waals surface area (Å²) in [5, 5.41) is 12.5. The van der Waals surface area contributed by atoms with Crippen LogP contribution in [0.5, 0.6) is 0 Å². The second-order valence-corrected chi connectivity index (χ2v) is 9.39. The number of likely N-dealkylation sites (tertiary alicyclic amines) is 1. The average Bonchev–Trinajstić information content (AvgIpc) is 2.86. The summed E-state index contributed by atoms with van der Waals surface area (Å²) in [4.78, 5) is 54.0. The van der Waals surface area contributed by atoms with Crippen molar-refractivity contribution in [1.82, 2.24) is 20.0 Å². The largest absolute Gasteiger partial charge is 0.480 e. The Hall–Kier alpha value is -3.56. The summed E-state index contributed by atoms with van der Waals surface area (Å²) >= 11 is 0. The van der Waals surface area contributed by atoms with Crippen molar-refractivity contribution < 1.29 is 24.3 Å². The number of unbranched alkanes of at least 4 members (excludes halogenated alkanes) is 2. The van der Waals surface area contributed by atoms with Crippen LogP contribution in [0.3, 0.4) is 0 Å². The average molecular weight is 500 g/mol. The number of imide groups is 1. The van der Waals surface area contributed by atoms with Gasteiger partial charge in [0.25, 0.3) is 0 Å². The molecule has 2 unspecified atom stereocenters. The molecule has 10 nitrogen and oxygen atoms in total. The van der Waals surface area contributed by atoms with Gasteiger partial charge in [0, 0.05) is 39.1 Å². The van der Waals surface area contributed by atoms with E-state index in [1.807, 2.05) is 18.2 Å². The number of aryl methyl sites for hydroxylation is 1. The predicted octanol–water partition coefficient (Wildman–Crippen LogP) is 1.77. The van der Waals surface area contributed by atoms with Gasteiger partial charge in [0.2, 0.25) is 11.8 Å². The van der Waals surface area contributed by atoms with E-state index >= 15 is 0 Å². The lowest BCUT2D eigenvalue weighted by Gasteiger charge is -2.46. The first kappa shape index (κ1) is 27.0. The number of carbonyl (C=O) groups excluding carboxylic acids is 3. The molecule has 2 saturated heterocycles. The van der Waals surface area contributed by atoms with E-state index in [1.54, 1.807) is 4.90 Å². The molecule has 4 amide bonds.